The number of esters is 3. The summed E-state index contributed by atoms with van der Waals surface area (Å²) in [5, 5.41) is 0. The lowest BCUT2D eigenvalue weighted by Crippen LogP contribution is -2.37. The van der Waals surface area contributed by atoms with Gasteiger partial charge in [-0.3, -0.25) is 14.4 Å². The first-order valence-electron chi connectivity index (χ1n) is 30.3. The van der Waals surface area contributed by atoms with Gasteiger partial charge in [-0.1, -0.05) is 161 Å². The molecular formula is C71H108O15. The van der Waals surface area contributed by atoms with Gasteiger partial charge in [0.15, 0.2) is 0 Å². The molecule has 3 aromatic carbocycles. The molecular weight excluding hydrogens is 1090 g/mol. The van der Waals surface area contributed by atoms with E-state index in [-0.39, 0.29) is 39.1 Å². The fourth-order valence-corrected chi connectivity index (χ4v) is 9.08. The Balaban J connectivity index is 1.98. The lowest BCUT2D eigenvalue weighted by Gasteiger charge is -2.30. The summed E-state index contributed by atoms with van der Waals surface area (Å²) in [7, 11) is 0. The Kier molecular flexibility index (Phi) is 23.7. The summed E-state index contributed by atoms with van der Waals surface area (Å²) in [5.74, 6) is -0.308. The summed E-state index contributed by atoms with van der Waals surface area (Å²) in [6, 6.07) is 11.7. The summed E-state index contributed by atoms with van der Waals surface area (Å²) < 4.78 is 52.6. The molecule has 0 radical (unpaired) electrons. The molecule has 15 heteroatoms. The number of ether oxygens (including phenoxy) is 9. The van der Waals surface area contributed by atoms with Crippen LogP contribution in [0.15, 0.2) is 36.4 Å². The largest absolute Gasteiger partial charge is 0.514 e. The van der Waals surface area contributed by atoms with E-state index < -0.39 is 91.1 Å². The first-order valence-corrected chi connectivity index (χ1v) is 30.3. The summed E-state index contributed by atoms with van der Waals surface area (Å²) in [4.78, 5) is 80.8. The van der Waals surface area contributed by atoms with E-state index in [9.17, 15) is 28.8 Å². The zero-order valence-corrected chi connectivity index (χ0v) is 58.0. The molecule has 0 heterocycles. The molecule has 15 nitrogen and oxygen atoms in total. The van der Waals surface area contributed by atoms with Crippen LogP contribution in [-0.2, 0) is 94.6 Å². The Labute approximate surface area is 516 Å². The Hall–Kier alpha value is -6.12. The first-order chi connectivity index (χ1) is 38.6. The molecule has 0 aliphatic rings. The molecule has 0 spiro atoms. The molecule has 0 bridgehead atoms. The van der Waals surface area contributed by atoms with Crippen molar-refractivity contribution in [1.82, 2.24) is 0 Å². The summed E-state index contributed by atoms with van der Waals surface area (Å²) in [5.41, 5.74) is 0.878. The van der Waals surface area contributed by atoms with Crippen molar-refractivity contribution in [2.45, 2.75) is 282 Å². The van der Waals surface area contributed by atoms with Crippen LogP contribution < -0.4 is 14.2 Å². The second-order valence-electron chi connectivity index (χ2n) is 32.6. The van der Waals surface area contributed by atoms with Crippen LogP contribution in [0.25, 0.3) is 0 Å². The molecule has 86 heavy (non-hydrogen) atoms. The van der Waals surface area contributed by atoms with Crippen molar-refractivity contribution in [1.29, 1.82) is 0 Å². The Morgan fingerprint density at radius 1 is 0.291 bits per heavy atom. The number of benzene rings is 3. The zero-order valence-electron chi connectivity index (χ0n) is 58.0. The molecule has 0 aliphatic carbocycles. The average molecular weight is 1200 g/mol. The van der Waals surface area contributed by atoms with Gasteiger partial charge in [-0.05, 0) is 138 Å². The SMILES string of the molecule is CC(COC(=O)CCc1cc(C(C)(C)C)c(OC(=O)OC(C)(C)C)c(C(C)(C)C)c1)(COC(=O)CCc1cc(C(C)(C)C)c(OC(=O)OC(C)(C)C)c(C(C)(C)C)c1)COC(=O)CCc1cc(C(C)(C)C)c(OC(=O)OC(C)(C)C)c(C(C)(C)C)c1. The number of hydrogen-bond donors (Lipinski definition) is 0. The van der Waals surface area contributed by atoms with Gasteiger partial charge in [0, 0.05) is 52.6 Å². The third-order valence-electron chi connectivity index (χ3n) is 13.6. The molecule has 0 aromatic heterocycles. The molecule has 482 valence electrons. The predicted molar refractivity (Wildman–Crippen MR) is 338 cm³/mol. The summed E-state index contributed by atoms with van der Waals surface area (Å²) in [6.45, 7) is 53.4. The lowest BCUT2D eigenvalue weighted by molar-refractivity contribution is -0.160. The topological polar surface area (TPSA) is 185 Å². The third-order valence-corrected chi connectivity index (χ3v) is 13.6. The minimum Gasteiger partial charge on any atom is -0.465 e. The van der Waals surface area contributed by atoms with Gasteiger partial charge >= 0.3 is 36.4 Å². The number of carbonyl (C=O) groups is 6. The van der Waals surface area contributed by atoms with Crippen LogP contribution in [0.1, 0.15) is 263 Å². The van der Waals surface area contributed by atoms with E-state index in [1.54, 1.807) is 69.2 Å². The maximum absolute atomic E-state index is 13.9. The van der Waals surface area contributed by atoms with E-state index >= 15 is 0 Å². The highest BCUT2D eigenvalue weighted by Gasteiger charge is 2.36. The van der Waals surface area contributed by atoms with Gasteiger partial charge < -0.3 is 42.6 Å². The van der Waals surface area contributed by atoms with Crippen LogP contribution in [0.3, 0.4) is 0 Å². The standard InChI is InChI=1S/C71H108O15/c1-62(2,3)47-35-44(36-48(63(4,5)6)56(47)81-59(75)84-68(19,20)21)29-32-53(72)78-41-71(28,42-79-54(73)33-30-45-37-49(64(7,8)9)57(50(38-45)65(10,11)12)82-60(76)85-69(22,23)24)43-80-55(74)34-31-46-39-51(66(13,14)15)58(52(40-46)67(16,17)18)83-61(77)86-70(25,26)27/h35-40H,29-34,41-43H2,1-28H3. The van der Waals surface area contributed by atoms with E-state index in [1.807, 2.05) is 161 Å². The van der Waals surface area contributed by atoms with E-state index in [2.05, 4.69) is 0 Å². The van der Waals surface area contributed by atoms with Crippen LogP contribution in [0.5, 0.6) is 17.2 Å². The van der Waals surface area contributed by atoms with Gasteiger partial charge in [-0.2, -0.15) is 0 Å². The van der Waals surface area contributed by atoms with Crippen LogP contribution in [-0.4, -0.2) is 73.0 Å². The quantitative estimate of drug-likeness (QED) is 0.0665. The van der Waals surface area contributed by atoms with Crippen LogP contribution in [0.2, 0.25) is 0 Å². The monoisotopic (exact) mass is 1200 g/mol. The summed E-state index contributed by atoms with van der Waals surface area (Å²) >= 11 is 0. The second kappa shape index (κ2) is 27.5. The van der Waals surface area contributed by atoms with Crippen molar-refractivity contribution in [3.05, 3.63) is 86.5 Å². The van der Waals surface area contributed by atoms with Crippen molar-refractivity contribution < 1.29 is 71.4 Å². The van der Waals surface area contributed by atoms with E-state index in [4.69, 9.17) is 42.6 Å². The smallest absolute Gasteiger partial charge is 0.465 e. The van der Waals surface area contributed by atoms with Crippen LogP contribution in [0, 0.1) is 5.41 Å². The minimum atomic E-state index is -1.18. The predicted octanol–water partition coefficient (Wildman–Crippen LogP) is 17.2. The van der Waals surface area contributed by atoms with E-state index in [0.717, 1.165) is 50.1 Å². The maximum Gasteiger partial charge on any atom is 0.514 e. The molecule has 0 unspecified atom stereocenters. The Morgan fingerprint density at radius 2 is 0.465 bits per heavy atom. The minimum absolute atomic E-state index is 0.0154. The molecule has 0 N–H and O–H groups in total. The number of carbonyl (C=O) groups excluding carboxylic acids is 6. The molecule has 0 saturated heterocycles. The molecule has 0 amide bonds. The normalized spacial score (nSPS) is 13.1. The molecule has 3 aromatic rings. The average Bonchev–Trinajstić information content (AvgIpc) is 0.973. The molecule has 0 saturated carbocycles. The molecule has 0 aliphatic heterocycles. The second-order valence-corrected chi connectivity index (χ2v) is 32.6. The third kappa shape index (κ3) is 24.2. The van der Waals surface area contributed by atoms with E-state index in [1.165, 1.54) is 0 Å². The molecule has 3 rings (SSSR count). The maximum atomic E-state index is 13.9. The van der Waals surface area contributed by atoms with Gasteiger partial charge in [0.05, 0.1) is 5.41 Å². The van der Waals surface area contributed by atoms with Crippen molar-refractivity contribution in [2.24, 2.45) is 5.41 Å². The summed E-state index contributed by atoms with van der Waals surface area (Å²) in [6.07, 6.45) is -1.59. The van der Waals surface area contributed by atoms with Crippen molar-refractivity contribution in [2.75, 3.05) is 19.8 Å². The highest BCUT2D eigenvalue weighted by atomic mass is 16.7. The fourth-order valence-electron chi connectivity index (χ4n) is 9.08. The lowest BCUT2D eigenvalue weighted by atomic mass is 9.78. The van der Waals surface area contributed by atoms with Crippen molar-refractivity contribution in [3.8, 4) is 17.2 Å². The zero-order chi connectivity index (χ0) is 66.4. The molecule has 0 atom stereocenters. The number of hydrogen-bond acceptors (Lipinski definition) is 15. The van der Waals surface area contributed by atoms with E-state index in [0.29, 0.717) is 36.5 Å². The van der Waals surface area contributed by atoms with Gasteiger partial charge in [-0.25, -0.2) is 14.4 Å². The number of rotatable bonds is 18. The Bertz CT molecular complexity index is 2480. The van der Waals surface area contributed by atoms with Crippen LogP contribution in [0.4, 0.5) is 14.4 Å². The van der Waals surface area contributed by atoms with Gasteiger partial charge in [0.1, 0.15) is 53.9 Å². The van der Waals surface area contributed by atoms with Gasteiger partial charge in [-0.15, -0.1) is 0 Å². The highest BCUT2D eigenvalue weighted by molar-refractivity contribution is 5.73. The van der Waals surface area contributed by atoms with Crippen molar-refractivity contribution >= 4 is 36.4 Å². The fraction of sp³-hybridized carbons (Fsp3) is 0.662. The van der Waals surface area contributed by atoms with Gasteiger partial charge in [0.2, 0.25) is 0 Å². The highest BCUT2D eigenvalue weighted by Crippen LogP contribution is 2.45. The first kappa shape index (κ1) is 74.1. The number of aryl methyl sites for hydroxylation is 3. The molecule has 0 fully saturated rings. The van der Waals surface area contributed by atoms with Crippen molar-refractivity contribution in [3.63, 3.8) is 0 Å². The Morgan fingerprint density at radius 3 is 0.616 bits per heavy atom. The van der Waals surface area contributed by atoms with Crippen LogP contribution >= 0.6 is 0 Å². The van der Waals surface area contributed by atoms with Gasteiger partial charge in [0.25, 0.3) is 0 Å².